The molecule has 1 rings (SSSR count). The second kappa shape index (κ2) is 6.58. The number of hydrogen-bond donors (Lipinski definition) is 0. The van der Waals surface area contributed by atoms with Crippen LogP contribution >= 0.6 is 45.2 Å². The third-order valence-electron chi connectivity index (χ3n) is 1.95. The van der Waals surface area contributed by atoms with Crippen LogP contribution in [0.5, 0.6) is 5.75 Å². The zero-order valence-electron chi connectivity index (χ0n) is 8.70. The monoisotopic (exact) mass is 447 g/mol. The van der Waals surface area contributed by atoms with Gasteiger partial charge < -0.3 is 4.74 Å². The number of rotatable bonds is 5. The average molecular weight is 447 g/mol. The summed E-state index contributed by atoms with van der Waals surface area (Å²) in [6, 6.07) is 3.26. The Balaban J connectivity index is 2.95. The van der Waals surface area contributed by atoms with Gasteiger partial charge in [-0.25, -0.2) is 0 Å². The molecule has 0 amide bonds. The van der Waals surface area contributed by atoms with Crippen molar-refractivity contribution in [2.75, 3.05) is 6.61 Å². The number of nitro groups is 1. The van der Waals surface area contributed by atoms with Crippen LogP contribution in [0.4, 0.5) is 5.69 Å². The summed E-state index contributed by atoms with van der Waals surface area (Å²) in [5.41, 5.74) is 0.0425. The van der Waals surface area contributed by atoms with E-state index in [1.165, 1.54) is 0 Å². The number of nitro benzene ring substituents is 1. The first-order valence-corrected chi connectivity index (χ1v) is 6.98. The van der Waals surface area contributed by atoms with E-state index in [1.807, 2.05) is 0 Å². The first-order valence-electron chi connectivity index (χ1n) is 4.82. The third kappa shape index (κ3) is 3.72. The van der Waals surface area contributed by atoms with Crippen LogP contribution in [-0.4, -0.2) is 11.5 Å². The molecule has 1 aromatic rings. The van der Waals surface area contributed by atoms with Crippen molar-refractivity contribution in [3.05, 3.63) is 29.4 Å². The van der Waals surface area contributed by atoms with Crippen LogP contribution in [0.1, 0.15) is 19.8 Å². The van der Waals surface area contributed by atoms with E-state index in [9.17, 15) is 10.1 Å². The zero-order valence-corrected chi connectivity index (χ0v) is 13.0. The van der Waals surface area contributed by atoms with E-state index in [2.05, 4.69) is 52.1 Å². The molecule has 0 bridgehead atoms. The number of unbranched alkanes of at least 4 members (excludes halogenated alkanes) is 1. The van der Waals surface area contributed by atoms with E-state index in [4.69, 9.17) is 4.74 Å². The van der Waals surface area contributed by atoms with Crippen LogP contribution in [0.3, 0.4) is 0 Å². The molecule has 0 unspecified atom stereocenters. The standard InChI is InChI=1S/C10H11I2NO3/c1-2-3-4-16-10-6-8(12)7(11)5-9(10)13(14)15/h5-6H,2-4H2,1H3. The molecule has 16 heavy (non-hydrogen) atoms. The predicted octanol–water partition coefficient (Wildman–Crippen LogP) is 3.98. The Morgan fingerprint density at radius 3 is 2.56 bits per heavy atom. The van der Waals surface area contributed by atoms with E-state index in [-0.39, 0.29) is 5.69 Å². The molecule has 0 aliphatic rings. The lowest BCUT2D eigenvalue weighted by Crippen LogP contribution is -2.01. The Morgan fingerprint density at radius 2 is 2.00 bits per heavy atom. The first-order chi connectivity index (χ1) is 7.56. The summed E-state index contributed by atoms with van der Waals surface area (Å²) in [5, 5.41) is 10.8. The molecule has 0 aliphatic carbocycles. The molecule has 0 aromatic heterocycles. The quantitative estimate of drug-likeness (QED) is 0.297. The van der Waals surface area contributed by atoms with Crippen molar-refractivity contribution in [3.8, 4) is 5.75 Å². The van der Waals surface area contributed by atoms with Crippen molar-refractivity contribution in [1.82, 2.24) is 0 Å². The van der Waals surface area contributed by atoms with Crippen LogP contribution in [-0.2, 0) is 0 Å². The molecule has 0 aliphatic heterocycles. The maximum atomic E-state index is 10.8. The van der Waals surface area contributed by atoms with E-state index in [0.717, 1.165) is 20.0 Å². The van der Waals surface area contributed by atoms with Crippen molar-refractivity contribution < 1.29 is 9.66 Å². The summed E-state index contributed by atoms with van der Waals surface area (Å²) in [6.45, 7) is 2.57. The Morgan fingerprint density at radius 1 is 1.38 bits per heavy atom. The largest absolute Gasteiger partial charge is 0.487 e. The van der Waals surface area contributed by atoms with Crippen LogP contribution in [0.25, 0.3) is 0 Å². The van der Waals surface area contributed by atoms with E-state index >= 15 is 0 Å². The van der Waals surface area contributed by atoms with E-state index < -0.39 is 4.92 Å². The van der Waals surface area contributed by atoms with Gasteiger partial charge >= 0.3 is 5.69 Å². The highest BCUT2D eigenvalue weighted by molar-refractivity contribution is 14.1. The van der Waals surface area contributed by atoms with Gasteiger partial charge in [0.1, 0.15) is 0 Å². The van der Waals surface area contributed by atoms with E-state index in [1.54, 1.807) is 12.1 Å². The van der Waals surface area contributed by atoms with Crippen LogP contribution in [0.15, 0.2) is 12.1 Å². The summed E-state index contributed by atoms with van der Waals surface area (Å²) in [6.07, 6.45) is 1.91. The second-order valence-electron chi connectivity index (χ2n) is 3.19. The average Bonchev–Trinajstić information content (AvgIpc) is 2.23. The SMILES string of the molecule is CCCCOc1cc(I)c(I)cc1[N+](=O)[O-]. The summed E-state index contributed by atoms with van der Waals surface area (Å²) in [5.74, 6) is 0.364. The smallest absolute Gasteiger partial charge is 0.312 e. The Hall–Kier alpha value is -0.120. The maximum Gasteiger partial charge on any atom is 0.312 e. The number of ether oxygens (including phenoxy) is 1. The first kappa shape index (κ1) is 13.9. The topological polar surface area (TPSA) is 52.4 Å². The minimum absolute atomic E-state index is 0.0425. The Labute approximate surface area is 121 Å². The van der Waals surface area contributed by atoms with Crippen LogP contribution in [0, 0.1) is 17.3 Å². The van der Waals surface area contributed by atoms with Gasteiger partial charge in [0, 0.05) is 19.3 Å². The van der Waals surface area contributed by atoms with Crippen LogP contribution in [0.2, 0.25) is 0 Å². The fraction of sp³-hybridized carbons (Fsp3) is 0.400. The highest BCUT2D eigenvalue weighted by Crippen LogP contribution is 2.32. The van der Waals surface area contributed by atoms with Crippen molar-refractivity contribution in [3.63, 3.8) is 0 Å². The second-order valence-corrected chi connectivity index (χ2v) is 5.52. The number of nitrogens with zero attached hydrogens (tertiary/aromatic N) is 1. The van der Waals surface area contributed by atoms with Gasteiger partial charge in [-0.3, -0.25) is 10.1 Å². The van der Waals surface area contributed by atoms with Crippen molar-refractivity contribution >= 4 is 50.9 Å². The van der Waals surface area contributed by atoms with Gasteiger partial charge in [-0.2, -0.15) is 0 Å². The molecule has 1 aromatic carbocycles. The highest BCUT2D eigenvalue weighted by Gasteiger charge is 2.17. The summed E-state index contributed by atoms with van der Waals surface area (Å²) in [4.78, 5) is 10.4. The number of benzene rings is 1. The molecule has 0 atom stereocenters. The summed E-state index contributed by atoms with van der Waals surface area (Å²) >= 11 is 4.22. The maximum absolute atomic E-state index is 10.8. The molecule has 0 fully saturated rings. The van der Waals surface area contributed by atoms with Crippen molar-refractivity contribution in [1.29, 1.82) is 0 Å². The minimum Gasteiger partial charge on any atom is -0.487 e. The molecule has 88 valence electrons. The van der Waals surface area contributed by atoms with Crippen LogP contribution < -0.4 is 4.74 Å². The molecule has 0 N–H and O–H groups in total. The normalized spacial score (nSPS) is 10.2. The van der Waals surface area contributed by atoms with Gasteiger partial charge in [0.25, 0.3) is 0 Å². The molecular weight excluding hydrogens is 436 g/mol. The van der Waals surface area contributed by atoms with Gasteiger partial charge in [-0.15, -0.1) is 0 Å². The summed E-state index contributed by atoms with van der Waals surface area (Å²) < 4.78 is 7.26. The molecule has 6 heteroatoms. The molecule has 0 heterocycles. The van der Waals surface area contributed by atoms with Gasteiger partial charge in [0.05, 0.1) is 11.5 Å². The van der Waals surface area contributed by atoms with E-state index in [0.29, 0.717) is 12.4 Å². The summed E-state index contributed by atoms with van der Waals surface area (Å²) in [7, 11) is 0. The van der Waals surface area contributed by atoms with Gasteiger partial charge in [-0.05, 0) is 51.6 Å². The highest BCUT2D eigenvalue weighted by atomic mass is 127. The lowest BCUT2D eigenvalue weighted by atomic mass is 10.3. The lowest BCUT2D eigenvalue weighted by molar-refractivity contribution is -0.386. The molecular formula is C10H11I2NO3. The lowest BCUT2D eigenvalue weighted by Gasteiger charge is -2.07. The fourth-order valence-electron chi connectivity index (χ4n) is 1.10. The number of hydrogen-bond acceptors (Lipinski definition) is 3. The van der Waals surface area contributed by atoms with Crippen molar-refractivity contribution in [2.45, 2.75) is 19.8 Å². The zero-order chi connectivity index (χ0) is 12.1. The molecule has 0 saturated carbocycles. The molecule has 0 radical (unpaired) electrons. The number of halogens is 2. The molecule has 0 saturated heterocycles. The van der Waals surface area contributed by atoms with Gasteiger partial charge in [0.15, 0.2) is 5.75 Å². The fourth-order valence-corrected chi connectivity index (χ4v) is 1.99. The minimum atomic E-state index is -0.403. The van der Waals surface area contributed by atoms with Gasteiger partial charge in [0.2, 0.25) is 0 Å². The Kier molecular flexibility index (Phi) is 5.73. The third-order valence-corrected chi connectivity index (χ3v) is 4.77. The molecule has 4 nitrogen and oxygen atoms in total. The van der Waals surface area contributed by atoms with Crippen molar-refractivity contribution in [2.24, 2.45) is 0 Å². The Bertz CT molecular complexity index is 396. The molecule has 0 spiro atoms. The van der Waals surface area contributed by atoms with Gasteiger partial charge in [-0.1, -0.05) is 13.3 Å². The predicted molar refractivity (Wildman–Crippen MR) is 78.9 cm³/mol.